The Kier molecular flexibility index (Phi) is 10.4. The van der Waals surface area contributed by atoms with Crippen LogP contribution in [0.5, 0.6) is 0 Å². The third kappa shape index (κ3) is 6.74. The van der Waals surface area contributed by atoms with Crippen molar-refractivity contribution in [1.82, 2.24) is 0 Å². The quantitative estimate of drug-likeness (QED) is 0.174. The van der Waals surface area contributed by atoms with Crippen LogP contribution in [0.3, 0.4) is 0 Å². The molecule has 3 aromatic carbocycles. The number of hydrogen-bond donors (Lipinski definition) is 3. The van der Waals surface area contributed by atoms with Crippen molar-refractivity contribution < 1.29 is 4.79 Å². The monoisotopic (exact) mass is 419 g/mol. The van der Waals surface area contributed by atoms with Crippen LogP contribution in [0.2, 0.25) is 0 Å². The number of aldehydes is 1. The minimum atomic E-state index is 0.604. The molecule has 0 unspecified atom stereocenters. The van der Waals surface area contributed by atoms with E-state index in [0.717, 1.165) is 47.0 Å². The number of carbonyl (C=O) groups excluding carboxylic acids is 1. The summed E-state index contributed by atoms with van der Waals surface area (Å²) in [6.07, 6.45) is 7.21. The summed E-state index contributed by atoms with van der Waals surface area (Å²) in [5.74, 6) is 0. The summed E-state index contributed by atoms with van der Waals surface area (Å²) in [7, 11) is 0. The van der Waals surface area contributed by atoms with Crippen molar-refractivity contribution in [2.75, 3.05) is 22.9 Å². The molecule has 0 spiro atoms. The van der Waals surface area contributed by atoms with Crippen LogP contribution in [0.15, 0.2) is 54.6 Å². The minimum Gasteiger partial charge on any atom is -0.397 e. The van der Waals surface area contributed by atoms with E-state index in [1.165, 1.54) is 25.7 Å². The van der Waals surface area contributed by atoms with Gasteiger partial charge >= 0.3 is 0 Å². The SMILES string of the molecule is CC.CCCCCCCNc1ccc(CNc2ccccc2N)c2c(C=O)cccc12. The molecule has 0 bridgehead atoms. The minimum absolute atomic E-state index is 0.604. The van der Waals surface area contributed by atoms with Gasteiger partial charge in [-0.25, -0.2) is 0 Å². The molecule has 0 aromatic heterocycles. The standard InChI is InChI=1S/C25H31N3O.C2H6/c1-2-3-4-5-8-16-27-23-15-14-19(17-28-24-13-7-6-12-22(24)26)25-20(18-29)10-9-11-21(23)25;1-2/h6-7,9-15,18,27-28H,2-5,8,16-17,26H2,1H3;1-2H3. The lowest BCUT2D eigenvalue weighted by atomic mass is 9.98. The molecule has 3 rings (SSSR count). The number of rotatable bonds is 11. The van der Waals surface area contributed by atoms with Gasteiger partial charge in [-0.1, -0.05) is 82.9 Å². The number of benzene rings is 3. The van der Waals surface area contributed by atoms with Crippen LogP contribution in [0.25, 0.3) is 10.8 Å². The van der Waals surface area contributed by atoms with Crippen molar-refractivity contribution in [3.05, 3.63) is 65.7 Å². The Morgan fingerprint density at radius 3 is 2.35 bits per heavy atom. The van der Waals surface area contributed by atoms with Crippen LogP contribution in [0, 0.1) is 0 Å². The zero-order chi connectivity index (χ0) is 22.5. The van der Waals surface area contributed by atoms with Crippen molar-refractivity contribution in [1.29, 1.82) is 0 Å². The smallest absolute Gasteiger partial charge is 0.150 e. The van der Waals surface area contributed by atoms with E-state index >= 15 is 0 Å². The fourth-order valence-electron chi connectivity index (χ4n) is 3.71. The molecule has 0 aliphatic carbocycles. The highest BCUT2D eigenvalue weighted by Crippen LogP contribution is 2.30. The van der Waals surface area contributed by atoms with E-state index in [4.69, 9.17) is 5.73 Å². The lowest BCUT2D eigenvalue weighted by Crippen LogP contribution is -2.06. The Morgan fingerprint density at radius 1 is 0.839 bits per heavy atom. The highest BCUT2D eigenvalue weighted by Gasteiger charge is 2.10. The maximum absolute atomic E-state index is 11.7. The molecule has 3 aromatic rings. The van der Waals surface area contributed by atoms with Gasteiger partial charge in [-0.3, -0.25) is 4.79 Å². The number of unbranched alkanes of at least 4 members (excludes halogenated alkanes) is 4. The van der Waals surface area contributed by atoms with E-state index in [-0.39, 0.29) is 0 Å². The van der Waals surface area contributed by atoms with Gasteiger partial charge in [-0.15, -0.1) is 0 Å². The van der Waals surface area contributed by atoms with E-state index in [9.17, 15) is 4.79 Å². The summed E-state index contributed by atoms with van der Waals surface area (Å²) in [5.41, 5.74) is 10.5. The third-order valence-electron chi connectivity index (χ3n) is 5.31. The van der Waals surface area contributed by atoms with Gasteiger partial charge in [-0.05, 0) is 35.6 Å². The zero-order valence-electron chi connectivity index (χ0n) is 19.2. The summed E-state index contributed by atoms with van der Waals surface area (Å²) in [6.45, 7) is 7.78. The van der Waals surface area contributed by atoms with E-state index in [1.54, 1.807) is 0 Å². The first-order valence-corrected chi connectivity index (χ1v) is 11.6. The first kappa shape index (κ1) is 24.3. The van der Waals surface area contributed by atoms with Crippen LogP contribution in [0.1, 0.15) is 68.8 Å². The van der Waals surface area contributed by atoms with Gasteiger partial charge in [-0.2, -0.15) is 0 Å². The van der Waals surface area contributed by atoms with Gasteiger partial charge in [0.05, 0.1) is 11.4 Å². The van der Waals surface area contributed by atoms with Crippen LogP contribution < -0.4 is 16.4 Å². The maximum atomic E-state index is 11.7. The second kappa shape index (κ2) is 13.3. The average Bonchev–Trinajstić information content (AvgIpc) is 2.82. The second-order valence-electron chi connectivity index (χ2n) is 7.44. The molecule has 166 valence electrons. The van der Waals surface area contributed by atoms with Crippen LogP contribution in [0.4, 0.5) is 17.1 Å². The lowest BCUT2D eigenvalue weighted by Gasteiger charge is -2.16. The van der Waals surface area contributed by atoms with E-state index < -0.39 is 0 Å². The van der Waals surface area contributed by atoms with Crippen molar-refractivity contribution in [3.8, 4) is 0 Å². The molecule has 0 saturated carbocycles. The van der Waals surface area contributed by atoms with Crippen molar-refractivity contribution in [2.24, 2.45) is 0 Å². The zero-order valence-corrected chi connectivity index (χ0v) is 19.2. The molecule has 0 atom stereocenters. The molecule has 0 amide bonds. The van der Waals surface area contributed by atoms with Crippen molar-refractivity contribution in [3.63, 3.8) is 0 Å². The number of carbonyl (C=O) groups is 1. The number of nitrogens with one attached hydrogen (secondary N) is 2. The fraction of sp³-hybridized carbons (Fsp3) is 0.370. The molecule has 0 aliphatic heterocycles. The van der Waals surface area contributed by atoms with Gasteiger partial charge < -0.3 is 16.4 Å². The van der Waals surface area contributed by atoms with Gasteiger partial charge in [0, 0.05) is 29.7 Å². The van der Waals surface area contributed by atoms with Gasteiger partial charge in [0.15, 0.2) is 6.29 Å². The highest BCUT2D eigenvalue weighted by atomic mass is 16.1. The third-order valence-corrected chi connectivity index (χ3v) is 5.31. The van der Waals surface area contributed by atoms with E-state index in [1.807, 2.05) is 50.2 Å². The van der Waals surface area contributed by atoms with Gasteiger partial charge in [0.2, 0.25) is 0 Å². The number of hydrogen-bond acceptors (Lipinski definition) is 4. The van der Waals surface area contributed by atoms with Gasteiger partial charge in [0.1, 0.15) is 0 Å². The largest absolute Gasteiger partial charge is 0.397 e. The molecule has 0 saturated heterocycles. The summed E-state index contributed by atoms with van der Waals surface area (Å²) >= 11 is 0. The Balaban J connectivity index is 0.00000166. The number of nitrogens with two attached hydrogens (primary N) is 1. The molecule has 31 heavy (non-hydrogen) atoms. The van der Waals surface area contributed by atoms with Crippen molar-refractivity contribution in [2.45, 2.75) is 59.4 Å². The number of para-hydroxylation sites is 2. The Bertz CT molecular complexity index is 952. The van der Waals surface area contributed by atoms with E-state index in [0.29, 0.717) is 17.8 Å². The molecule has 4 N–H and O–H groups in total. The molecular formula is C27H37N3O. The topological polar surface area (TPSA) is 67.2 Å². The number of anilines is 3. The summed E-state index contributed by atoms with van der Waals surface area (Å²) < 4.78 is 0. The summed E-state index contributed by atoms with van der Waals surface area (Å²) in [6, 6.07) is 17.9. The van der Waals surface area contributed by atoms with Gasteiger partial charge in [0.25, 0.3) is 0 Å². The van der Waals surface area contributed by atoms with Crippen LogP contribution in [-0.4, -0.2) is 12.8 Å². The second-order valence-corrected chi connectivity index (χ2v) is 7.44. The molecule has 4 nitrogen and oxygen atoms in total. The molecule has 4 heteroatoms. The van der Waals surface area contributed by atoms with Crippen LogP contribution in [-0.2, 0) is 6.54 Å². The maximum Gasteiger partial charge on any atom is 0.150 e. The number of nitrogen functional groups attached to an aromatic ring is 1. The Labute approximate surface area is 187 Å². The molecule has 0 radical (unpaired) electrons. The van der Waals surface area contributed by atoms with Crippen LogP contribution >= 0.6 is 0 Å². The first-order valence-electron chi connectivity index (χ1n) is 11.6. The lowest BCUT2D eigenvalue weighted by molar-refractivity contribution is 0.112. The Hall–Kier alpha value is -3.01. The fourth-order valence-corrected chi connectivity index (χ4v) is 3.71. The molecule has 0 aliphatic rings. The van der Waals surface area contributed by atoms with E-state index in [2.05, 4.69) is 35.8 Å². The Morgan fingerprint density at radius 2 is 1.61 bits per heavy atom. The summed E-state index contributed by atoms with van der Waals surface area (Å²) in [5, 5.41) is 9.06. The number of fused-ring (bicyclic) bond motifs is 1. The first-order chi connectivity index (χ1) is 15.2. The molecule has 0 fully saturated rings. The predicted molar refractivity (Wildman–Crippen MR) is 136 cm³/mol. The van der Waals surface area contributed by atoms with Crippen molar-refractivity contribution >= 4 is 34.1 Å². The molecular weight excluding hydrogens is 382 g/mol. The average molecular weight is 420 g/mol. The summed E-state index contributed by atoms with van der Waals surface area (Å²) in [4.78, 5) is 11.7. The predicted octanol–water partition coefficient (Wildman–Crippen LogP) is 7.26. The molecule has 0 heterocycles. The normalized spacial score (nSPS) is 10.3. The highest BCUT2D eigenvalue weighted by molar-refractivity contribution is 6.05.